The number of hydrogen-bond donors (Lipinski definition) is 0. The van der Waals surface area contributed by atoms with Crippen LogP contribution in [0.1, 0.15) is 235 Å². The van der Waals surface area contributed by atoms with Crippen LogP contribution in [0.4, 0.5) is 28.4 Å². The van der Waals surface area contributed by atoms with E-state index in [4.69, 9.17) is 0 Å². The highest BCUT2D eigenvalue weighted by Gasteiger charge is 2.44. The van der Waals surface area contributed by atoms with Crippen molar-refractivity contribution in [2.75, 3.05) is 9.80 Å². The summed E-state index contributed by atoms with van der Waals surface area (Å²) in [6.07, 6.45) is 28.9. The van der Waals surface area contributed by atoms with Gasteiger partial charge in [-0.05, 0) is 246 Å². The van der Waals surface area contributed by atoms with E-state index in [1.54, 1.807) is 5.56 Å². The molecule has 0 N–H and O–H groups in total. The maximum atomic E-state index is 2.69. The first-order valence-electron chi connectivity index (χ1n) is 38.4. The molecular weight excluding hydrogens is 1170 g/mol. The maximum absolute atomic E-state index is 2.69. The van der Waals surface area contributed by atoms with Gasteiger partial charge in [-0.25, -0.2) is 0 Å². The molecule has 0 amide bonds. The molecule has 2 nitrogen and oxygen atoms in total. The second kappa shape index (κ2) is 33.1. The molecule has 0 aromatic heterocycles. The van der Waals surface area contributed by atoms with Gasteiger partial charge in [0.25, 0.3) is 0 Å². The molecule has 0 unspecified atom stereocenters. The van der Waals surface area contributed by atoms with Gasteiger partial charge in [0.15, 0.2) is 0 Å². The SMILES string of the molecule is CCCCCCc1cc(-c2ccc(N(c3ccc(-c4ccc(CCC)cc4)cc3)C(C)(C)C)cc2C)c(CCCCCC)cc1-c1ccc(N(c2ccc(-c3ccc(CCC)cc3)cc2)c2cc3c(c4ccccc24)-c2ccccc2C3(CCCCCC)CCCCCC)cc1C. The van der Waals surface area contributed by atoms with Gasteiger partial charge in [-0.2, -0.15) is 0 Å². The van der Waals surface area contributed by atoms with E-state index in [1.165, 1.54) is 249 Å². The zero-order valence-corrected chi connectivity index (χ0v) is 61.4. The quantitative estimate of drug-likeness (QED) is 0.0378. The fraction of sp³-hybridized carbons (Fsp3) is 0.389. The predicted molar refractivity (Wildman–Crippen MR) is 426 cm³/mol. The fourth-order valence-electron chi connectivity index (χ4n) is 16.4. The molecule has 504 valence electrons. The summed E-state index contributed by atoms with van der Waals surface area (Å²) in [4.78, 5) is 5.17. The highest BCUT2D eigenvalue weighted by molar-refractivity contribution is 6.10. The molecule has 0 spiro atoms. The largest absolute Gasteiger partial charge is 0.336 e. The summed E-state index contributed by atoms with van der Waals surface area (Å²) in [5.74, 6) is 0. The Bertz CT molecular complexity index is 4160. The van der Waals surface area contributed by atoms with Gasteiger partial charge in [0.05, 0.1) is 5.69 Å². The molecule has 0 saturated heterocycles. The van der Waals surface area contributed by atoms with Crippen LogP contribution >= 0.6 is 0 Å². The number of unbranched alkanes of at least 4 members (excludes halogenated alkanes) is 12. The molecule has 0 bridgehead atoms. The summed E-state index contributed by atoms with van der Waals surface area (Å²) in [6.45, 7) is 25.7. The first-order valence-corrected chi connectivity index (χ1v) is 38.4. The van der Waals surface area contributed by atoms with Crippen molar-refractivity contribution in [3.63, 3.8) is 0 Å². The van der Waals surface area contributed by atoms with Crippen LogP contribution in [0.5, 0.6) is 0 Å². The van der Waals surface area contributed by atoms with E-state index in [0.29, 0.717) is 0 Å². The summed E-state index contributed by atoms with van der Waals surface area (Å²) in [5.41, 5.74) is 30.7. The van der Waals surface area contributed by atoms with Crippen LogP contribution in [0.2, 0.25) is 0 Å². The van der Waals surface area contributed by atoms with Gasteiger partial charge in [0.2, 0.25) is 0 Å². The van der Waals surface area contributed by atoms with E-state index >= 15 is 0 Å². The van der Waals surface area contributed by atoms with Crippen molar-refractivity contribution in [2.24, 2.45) is 0 Å². The Morgan fingerprint density at radius 2 is 0.742 bits per heavy atom. The van der Waals surface area contributed by atoms with Gasteiger partial charge in [-0.3, -0.25) is 0 Å². The van der Waals surface area contributed by atoms with Crippen LogP contribution in [0.15, 0.2) is 200 Å². The van der Waals surface area contributed by atoms with Gasteiger partial charge in [-0.1, -0.05) is 290 Å². The smallest absolute Gasteiger partial charge is 0.0543 e. The molecule has 0 aliphatic heterocycles. The normalized spacial score (nSPS) is 12.5. The average Bonchev–Trinajstić information content (AvgIpc) is 1.57. The number of rotatable bonds is 33. The third-order valence-electron chi connectivity index (χ3n) is 21.4. The van der Waals surface area contributed by atoms with Crippen molar-refractivity contribution in [2.45, 2.75) is 241 Å². The van der Waals surface area contributed by atoms with Crippen LogP contribution in [0, 0.1) is 13.8 Å². The van der Waals surface area contributed by atoms with Crippen LogP contribution in [-0.4, -0.2) is 5.54 Å². The van der Waals surface area contributed by atoms with E-state index in [2.05, 4.69) is 286 Å². The minimum atomic E-state index is -0.153. The lowest BCUT2D eigenvalue weighted by atomic mass is 9.70. The van der Waals surface area contributed by atoms with Crippen molar-refractivity contribution < 1.29 is 0 Å². The fourth-order valence-corrected chi connectivity index (χ4v) is 16.4. The standard InChI is InChI=1S/C95H114N2/c1-12-18-22-26-36-77-67-89(84-61-59-82(65-70(84)8)97(94(9,10)11)80-56-52-76(53-57-80)74-48-44-72(35-17-6)45-49-74)78(37-27-23-19-13-2)66-88(77)83-60-58-81(64-69(83)7)96(79-54-50-75(51-55-79)73-46-42-71(34-16-5)43-47-73)92-68-91-93(86-39-29-28-38-85(86)92)87-40-30-31-41-90(87)95(91,62-32-24-20-14-3)63-33-25-21-15-4/h28-31,38-61,64-68H,12-27,32-37,62-63H2,1-11H3. The first kappa shape index (κ1) is 70.4. The van der Waals surface area contributed by atoms with Crippen molar-refractivity contribution in [1.29, 1.82) is 0 Å². The van der Waals surface area contributed by atoms with Crippen molar-refractivity contribution in [3.8, 4) is 55.6 Å². The van der Waals surface area contributed by atoms with Gasteiger partial charge in [-0.15, -0.1) is 0 Å². The minimum Gasteiger partial charge on any atom is -0.336 e. The summed E-state index contributed by atoms with van der Waals surface area (Å²) in [7, 11) is 0. The molecule has 0 atom stereocenters. The van der Waals surface area contributed by atoms with Crippen LogP contribution in [-0.2, 0) is 31.1 Å². The molecule has 2 heteroatoms. The summed E-state index contributed by atoms with van der Waals surface area (Å²) in [5, 5.41) is 2.66. The molecule has 11 rings (SSSR count). The summed E-state index contributed by atoms with van der Waals surface area (Å²) >= 11 is 0. The lowest BCUT2D eigenvalue weighted by Gasteiger charge is -2.38. The van der Waals surface area contributed by atoms with Gasteiger partial charge in [0, 0.05) is 39.1 Å². The van der Waals surface area contributed by atoms with E-state index in [0.717, 1.165) is 38.5 Å². The van der Waals surface area contributed by atoms with E-state index in [9.17, 15) is 0 Å². The Balaban J connectivity index is 1.04. The van der Waals surface area contributed by atoms with E-state index in [-0.39, 0.29) is 11.0 Å². The zero-order chi connectivity index (χ0) is 67.9. The molecule has 0 fully saturated rings. The van der Waals surface area contributed by atoms with E-state index in [1.807, 2.05) is 0 Å². The first-order chi connectivity index (χ1) is 47.3. The number of nitrogens with zero attached hydrogens (tertiary/aromatic N) is 2. The number of hydrogen-bond acceptors (Lipinski definition) is 2. The van der Waals surface area contributed by atoms with Crippen molar-refractivity contribution in [3.05, 3.63) is 245 Å². The van der Waals surface area contributed by atoms with Gasteiger partial charge >= 0.3 is 0 Å². The maximum Gasteiger partial charge on any atom is 0.0543 e. The topological polar surface area (TPSA) is 6.48 Å². The summed E-state index contributed by atoms with van der Waals surface area (Å²) < 4.78 is 0. The highest BCUT2D eigenvalue weighted by atomic mass is 15.2. The van der Waals surface area contributed by atoms with Crippen molar-refractivity contribution in [1.82, 2.24) is 0 Å². The molecule has 0 saturated carbocycles. The Morgan fingerprint density at radius 1 is 0.320 bits per heavy atom. The molecule has 0 heterocycles. The molecular formula is C95H114N2. The number of benzene rings is 10. The Hall–Kier alpha value is -7.94. The predicted octanol–water partition coefficient (Wildman–Crippen LogP) is 28.9. The second-order valence-electron chi connectivity index (χ2n) is 29.7. The molecule has 1 aliphatic rings. The van der Waals surface area contributed by atoms with Gasteiger partial charge < -0.3 is 9.80 Å². The molecule has 97 heavy (non-hydrogen) atoms. The Morgan fingerprint density at radius 3 is 1.22 bits per heavy atom. The van der Waals surface area contributed by atoms with Crippen LogP contribution < -0.4 is 9.80 Å². The van der Waals surface area contributed by atoms with Crippen molar-refractivity contribution >= 4 is 39.2 Å². The van der Waals surface area contributed by atoms with E-state index < -0.39 is 0 Å². The molecule has 10 aromatic rings. The summed E-state index contributed by atoms with van der Waals surface area (Å²) in [6, 6.07) is 79.0. The number of anilines is 5. The monoisotopic (exact) mass is 1280 g/mol. The minimum absolute atomic E-state index is 0.0679. The number of fused-ring (bicyclic) bond motifs is 5. The Labute approximate surface area is 587 Å². The molecule has 0 radical (unpaired) electrons. The van der Waals surface area contributed by atoms with Gasteiger partial charge in [0.1, 0.15) is 0 Å². The van der Waals surface area contributed by atoms with Crippen LogP contribution in [0.25, 0.3) is 66.4 Å². The van der Waals surface area contributed by atoms with Crippen LogP contribution in [0.3, 0.4) is 0 Å². The third kappa shape index (κ3) is 16.0. The lowest BCUT2D eigenvalue weighted by molar-refractivity contribution is 0.401. The third-order valence-corrected chi connectivity index (χ3v) is 21.4. The molecule has 1 aliphatic carbocycles. The zero-order valence-electron chi connectivity index (χ0n) is 61.4. The average molecular weight is 1280 g/mol. The lowest BCUT2D eigenvalue weighted by Crippen LogP contribution is -2.37. The molecule has 10 aromatic carbocycles. The Kier molecular flexibility index (Phi) is 24.0. The number of aryl methyl sites for hydroxylation is 6. The highest BCUT2D eigenvalue weighted by Crippen LogP contribution is 2.59. The second-order valence-corrected chi connectivity index (χ2v) is 29.7.